The molecular weight excluding hydrogens is 464 g/mol. The molecule has 1 aromatic heterocycles. The lowest BCUT2D eigenvalue weighted by Crippen LogP contribution is -2.19. The fourth-order valence-corrected chi connectivity index (χ4v) is 5.21. The Balaban J connectivity index is 1.74. The van der Waals surface area contributed by atoms with Crippen LogP contribution in [0.2, 0.25) is 0 Å². The molecule has 0 aliphatic heterocycles. The van der Waals surface area contributed by atoms with E-state index < -0.39 is 0 Å². The lowest BCUT2D eigenvalue weighted by molar-refractivity contribution is 0.104. The predicted molar refractivity (Wildman–Crippen MR) is 140 cm³/mol. The van der Waals surface area contributed by atoms with E-state index in [0.717, 1.165) is 28.8 Å². The van der Waals surface area contributed by atoms with Gasteiger partial charge in [0.2, 0.25) is 5.75 Å². The van der Waals surface area contributed by atoms with Gasteiger partial charge >= 0.3 is 0 Å². The highest BCUT2D eigenvalue weighted by Gasteiger charge is 2.17. The van der Waals surface area contributed by atoms with E-state index in [1.165, 1.54) is 37.2 Å². The number of rotatable bonds is 9. The largest absolute Gasteiger partial charge is 0.496 e. The summed E-state index contributed by atoms with van der Waals surface area (Å²) < 4.78 is 28.6. The molecule has 0 saturated heterocycles. The molecule has 1 heterocycles. The molecule has 2 aromatic carbocycles. The molecule has 6 nitrogen and oxygen atoms in total. The monoisotopic (exact) mass is 492 g/mol. The fraction of sp³-hybridized carbons (Fsp3) is 0.250. The highest BCUT2D eigenvalue weighted by molar-refractivity contribution is 7.13. The molecule has 35 heavy (non-hydrogen) atoms. The average Bonchev–Trinajstić information content (AvgIpc) is 3.34. The number of carbonyl (C=O) groups is 1. The van der Waals surface area contributed by atoms with Gasteiger partial charge in [0.25, 0.3) is 0 Å². The van der Waals surface area contributed by atoms with E-state index >= 15 is 0 Å². The number of thiophene rings is 1. The number of carbonyl (C=O) groups excluding carboxylic acids is 1. The number of methoxy groups -OCH3 is 5. The molecule has 4 rings (SSSR count). The molecule has 0 amide bonds. The maximum absolute atomic E-state index is 13.1. The minimum atomic E-state index is -0.209. The zero-order chi connectivity index (χ0) is 24.9. The summed E-state index contributed by atoms with van der Waals surface area (Å²) >= 11 is 1.73. The first kappa shape index (κ1) is 24.4. The Morgan fingerprint density at radius 3 is 2.03 bits per heavy atom. The maximum atomic E-state index is 13.1. The number of benzene rings is 2. The molecule has 1 aliphatic carbocycles. The third-order valence-electron chi connectivity index (χ3n) is 5.83. The number of allylic oxidation sites excluding steroid dienone is 1. The van der Waals surface area contributed by atoms with Crippen LogP contribution >= 0.6 is 11.3 Å². The highest BCUT2D eigenvalue weighted by atomic mass is 32.1. The third kappa shape index (κ3) is 4.91. The predicted octanol–water partition coefficient (Wildman–Crippen LogP) is 4.71. The number of hydrogen-bond donors (Lipinski definition) is 0. The first-order chi connectivity index (χ1) is 17.0. The van der Waals surface area contributed by atoms with E-state index in [2.05, 4.69) is 18.2 Å². The topological polar surface area (TPSA) is 63.2 Å². The van der Waals surface area contributed by atoms with Crippen molar-refractivity contribution in [3.8, 4) is 39.2 Å². The molecule has 0 saturated carbocycles. The molecule has 0 unspecified atom stereocenters. The second-order valence-electron chi connectivity index (χ2n) is 7.82. The quantitative estimate of drug-likeness (QED) is 0.319. The van der Waals surface area contributed by atoms with Gasteiger partial charge in [-0.2, -0.15) is 0 Å². The summed E-state index contributed by atoms with van der Waals surface area (Å²) in [7, 11) is 7.80. The molecule has 0 radical (unpaired) electrons. The van der Waals surface area contributed by atoms with Crippen molar-refractivity contribution in [3.05, 3.63) is 57.3 Å². The van der Waals surface area contributed by atoms with Gasteiger partial charge in [-0.3, -0.25) is 4.79 Å². The summed E-state index contributed by atoms with van der Waals surface area (Å²) in [4.78, 5) is 14.2. The molecule has 0 atom stereocenters. The van der Waals surface area contributed by atoms with E-state index in [0.29, 0.717) is 34.3 Å². The van der Waals surface area contributed by atoms with Crippen LogP contribution < -0.4 is 33.4 Å². The van der Waals surface area contributed by atoms with Crippen molar-refractivity contribution in [2.75, 3.05) is 35.5 Å². The van der Waals surface area contributed by atoms with Gasteiger partial charge in [-0.05, 0) is 54.5 Å². The molecule has 1 aliphatic rings. The Morgan fingerprint density at radius 2 is 1.43 bits per heavy atom. The molecule has 0 spiro atoms. The van der Waals surface area contributed by atoms with Gasteiger partial charge in [0.15, 0.2) is 17.3 Å². The van der Waals surface area contributed by atoms with Crippen LogP contribution in [0, 0.1) is 0 Å². The van der Waals surface area contributed by atoms with Gasteiger partial charge in [0, 0.05) is 32.2 Å². The molecule has 0 N–H and O–H groups in total. The van der Waals surface area contributed by atoms with Crippen LogP contribution in [0.3, 0.4) is 0 Å². The molecule has 3 aromatic rings. The molecule has 7 heteroatoms. The number of ether oxygens (including phenoxy) is 5. The Kier molecular flexibility index (Phi) is 7.46. The van der Waals surface area contributed by atoms with Crippen molar-refractivity contribution in [2.45, 2.75) is 12.8 Å². The average molecular weight is 493 g/mol. The Labute approximate surface area is 208 Å². The van der Waals surface area contributed by atoms with Gasteiger partial charge in [-0.1, -0.05) is 12.2 Å². The zero-order valence-electron chi connectivity index (χ0n) is 20.5. The van der Waals surface area contributed by atoms with Crippen molar-refractivity contribution in [1.29, 1.82) is 0 Å². The summed E-state index contributed by atoms with van der Waals surface area (Å²) in [5.74, 6) is 2.39. The Bertz CT molecular complexity index is 1340. The second kappa shape index (κ2) is 10.7. The number of hydrogen-bond acceptors (Lipinski definition) is 7. The minimum Gasteiger partial charge on any atom is -0.496 e. The summed E-state index contributed by atoms with van der Waals surface area (Å²) in [5.41, 5.74) is 2.14. The van der Waals surface area contributed by atoms with Crippen LogP contribution in [0.25, 0.3) is 28.7 Å². The van der Waals surface area contributed by atoms with Crippen molar-refractivity contribution in [3.63, 3.8) is 0 Å². The zero-order valence-corrected chi connectivity index (χ0v) is 21.3. The second-order valence-corrected chi connectivity index (χ2v) is 8.91. The lowest BCUT2D eigenvalue weighted by Gasteiger charge is -2.13. The van der Waals surface area contributed by atoms with E-state index in [9.17, 15) is 4.79 Å². The first-order valence-electron chi connectivity index (χ1n) is 11.1. The normalized spacial score (nSPS) is 12.4. The van der Waals surface area contributed by atoms with Gasteiger partial charge < -0.3 is 23.7 Å². The van der Waals surface area contributed by atoms with Crippen molar-refractivity contribution >= 4 is 35.3 Å². The van der Waals surface area contributed by atoms with Gasteiger partial charge in [-0.15, -0.1) is 11.3 Å². The molecule has 0 bridgehead atoms. The summed E-state index contributed by atoms with van der Waals surface area (Å²) in [6.07, 6.45) is 9.91. The van der Waals surface area contributed by atoms with Crippen LogP contribution in [0.5, 0.6) is 28.7 Å². The van der Waals surface area contributed by atoms with Gasteiger partial charge in [0.05, 0.1) is 35.5 Å². The summed E-state index contributed by atoms with van der Waals surface area (Å²) in [6, 6.07) is 9.30. The van der Waals surface area contributed by atoms with E-state index in [1.807, 2.05) is 12.1 Å². The van der Waals surface area contributed by atoms with Crippen LogP contribution in [0.15, 0.2) is 36.4 Å². The Morgan fingerprint density at radius 1 is 0.771 bits per heavy atom. The van der Waals surface area contributed by atoms with Crippen LogP contribution in [-0.4, -0.2) is 41.3 Å². The van der Waals surface area contributed by atoms with Crippen molar-refractivity contribution in [2.24, 2.45) is 0 Å². The fourth-order valence-electron chi connectivity index (χ4n) is 4.06. The molecule has 182 valence electrons. The summed E-state index contributed by atoms with van der Waals surface area (Å²) in [6.45, 7) is 0. The maximum Gasteiger partial charge on any atom is 0.203 e. The van der Waals surface area contributed by atoms with Crippen LogP contribution in [0.4, 0.5) is 0 Å². The Hall–Kier alpha value is -3.71. The standard InChI is InChI=1S/C28H28O6S/c1-30-22-16-23(31-2)20(27-15-18-8-6-7-9-26(18)35-27)12-17(22)10-11-21(29)19-13-24(32-3)28(34-5)25(14-19)33-4/h8-16H,6-7H2,1-5H3/b11-10+. The van der Waals surface area contributed by atoms with Crippen molar-refractivity contribution < 1.29 is 28.5 Å². The van der Waals surface area contributed by atoms with E-state index in [4.69, 9.17) is 23.7 Å². The first-order valence-corrected chi connectivity index (χ1v) is 11.9. The van der Waals surface area contributed by atoms with Gasteiger partial charge in [-0.25, -0.2) is 0 Å². The highest BCUT2D eigenvalue weighted by Crippen LogP contribution is 2.39. The molecule has 0 fully saturated rings. The minimum absolute atomic E-state index is 0.209. The van der Waals surface area contributed by atoms with Crippen LogP contribution in [0.1, 0.15) is 28.8 Å². The van der Waals surface area contributed by atoms with Crippen molar-refractivity contribution in [1.82, 2.24) is 0 Å². The third-order valence-corrected chi connectivity index (χ3v) is 7.01. The van der Waals surface area contributed by atoms with E-state index in [1.54, 1.807) is 43.8 Å². The van der Waals surface area contributed by atoms with Gasteiger partial charge in [0.1, 0.15) is 11.5 Å². The smallest absolute Gasteiger partial charge is 0.203 e. The lowest BCUT2D eigenvalue weighted by atomic mass is 10.0. The molecular formula is C28H28O6S. The van der Waals surface area contributed by atoms with Crippen LogP contribution in [-0.2, 0) is 0 Å². The summed E-state index contributed by atoms with van der Waals surface area (Å²) in [5, 5.41) is 1.25. The number of fused-ring (bicyclic) bond motifs is 1. The van der Waals surface area contributed by atoms with E-state index in [-0.39, 0.29) is 5.78 Å². The SMILES string of the molecule is COc1cc(OC)c(-c2cc3c(s2)=CCCC=3)cc1/C=C/C(=O)c1cc(OC)c(OC)c(OC)c1. The number of ketones is 1.